The van der Waals surface area contributed by atoms with Crippen molar-refractivity contribution in [3.8, 4) is 5.69 Å². The maximum Gasteiger partial charge on any atom is 0.230 e. The molecule has 2 aromatic heterocycles. The standard InChI is InChI=1S/C24H24FN7O/c1-2-20(17-6-4-3-5-7-17)24(33)31-14-12-30(13-15-31)22-21-23(27-16-26-22)32(29-28-21)19-10-8-18(25)9-11-19/h3-11,16,20H,2,12-15H2,1H3. The van der Waals surface area contributed by atoms with Gasteiger partial charge in [0.2, 0.25) is 5.91 Å². The third-order valence-electron chi connectivity index (χ3n) is 6.09. The van der Waals surface area contributed by atoms with Crippen LogP contribution in [0.15, 0.2) is 60.9 Å². The molecule has 5 rings (SSSR count). The van der Waals surface area contributed by atoms with Gasteiger partial charge in [-0.2, -0.15) is 4.68 Å². The predicted octanol–water partition coefficient (Wildman–Crippen LogP) is 3.19. The van der Waals surface area contributed by atoms with Gasteiger partial charge in [0, 0.05) is 26.2 Å². The molecule has 0 aliphatic carbocycles. The number of fused-ring (bicyclic) bond motifs is 1. The van der Waals surface area contributed by atoms with Crippen molar-refractivity contribution in [2.45, 2.75) is 19.3 Å². The van der Waals surface area contributed by atoms with E-state index in [0.29, 0.717) is 48.8 Å². The van der Waals surface area contributed by atoms with E-state index in [9.17, 15) is 9.18 Å². The van der Waals surface area contributed by atoms with Crippen LogP contribution in [0.4, 0.5) is 10.2 Å². The number of amides is 1. The van der Waals surface area contributed by atoms with Gasteiger partial charge in [0.15, 0.2) is 17.0 Å². The Balaban J connectivity index is 1.33. The number of anilines is 1. The molecule has 1 fully saturated rings. The van der Waals surface area contributed by atoms with Gasteiger partial charge in [0.25, 0.3) is 0 Å². The molecule has 3 heterocycles. The lowest BCUT2D eigenvalue weighted by Crippen LogP contribution is -2.50. The van der Waals surface area contributed by atoms with Gasteiger partial charge in [0.1, 0.15) is 12.1 Å². The van der Waals surface area contributed by atoms with Crippen molar-refractivity contribution >= 4 is 22.9 Å². The van der Waals surface area contributed by atoms with E-state index in [1.165, 1.54) is 18.5 Å². The third-order valence-corrected chi connectivity index (χ3v) is 6.09. The Morgan fingerprint density at radius 1 is 1.00 bits per heavy atom. The number of hydrogen-bond donors (Lipinski definition) is 0. The second-order valence-corrected chi connectivity index (χ2v) is 8.03. The zero-order valence-electron chi connectivity index (χ0n) is 18.3. The number of benzene rings is 2. The third kappa shape index (κ3) is 4.02. The zero-order valence-corrected chi connectivity index (χ0v) is 18.3. The monoisotopic (exact) mass is 445 g/mol. The highest BCUT2D eigenvalue weighted by Gasteiger charge is 2.29. The number of carbonyl (C=O) groups excluding carboxylic acids is 1. The minimum absolute atomic E-state index is 0.126. The molecule has 9 heteroatoms. The Hall–Kier alpha value is -3.88. The number of aromatic nitrogens is 5. The molecule has 8 nitrogen and oxygen atoms in total. The molecule has 1 aliphatic rings. The van der Waals surface area contributed by atoms with Gasteiger partial charge in [-0.15, -0.1) is 5.10 Å². The van der Waals surface area contributed by atoms with Crippen molar-refractivity contribution < 1.29 is 9.18 Å². The molecular formula is C24H24FN7O. The summed E-state index contributed by atoms with van der Waals surface area (Å²) in [5.41, 5.74) is 2.87. The number of piperazine rings is 1. The van der Waals surface area contributed by atoms with E-state index in [0.717, 1.165) is 12.0 Å². The van der Waals surface area contributed by atoms with E-state index in [1.807, 2.05) is 42.2 Å². The molecule has 1 unspecified atom stereocenters. The molecule has 1 amide bonds. The molecule has 168 valence electrons. The van der Waals surface area contributed by atoms with E-state index in [1.54, 1.807) is 16.8 Å². The molecule has 2 aromatic carbocycles. The lowest BCUT2D eigenvalue weighted by molar-refractivity contribution is -0.133. The maximum atomic E-state index is 13.3. The number of carbonyl (C=O) groups is 1. The van der Waals surface area contributed by atoms with Gasteiger partial charge in [-0.05, 0) is 36.2 Å². The first-order valence-corrected chi connectivity index (χ1v) is 11.1. The van der Waals surface area contributed by atoms with Crippen molar-refractivity contribution in [2.24, 2.45) is 0 Å². The van der Waals surface area contributed by atoms with Gasteiger partial charge < -0.3 is 9.80 Å². The first-order chi connectivity index (χ1) is 16.2. The average Bonchev–Trinajstić information content (AvgIpc) is 3.30. The molecule has 0 N–H and O–H groups in total. The summed E-state index contributed by atoms with van der Waals surface area (Å²) in [4.78, 5) is 26.1. The van der Waals surface area contributed by atoms with E-state index in [4.69, 9.17) is 0 Å². The summed E-state index contributed by atoms with van der Waals surface area (Å²) < 4.78 is 14.9. The molecule has 4 aromatic rings. The van der Waals surface area contributed by atoms with E-state index in [2.05, 4.69) is 25.2 Å². The second-order valence-electron chi connectivity index (χ2n) is 8.03. The Morgan fingerprint density at radius 3 is 2.42 bits per heavy atom. The average molecular weight is 446 g/mol. The van der Waals surface area contributed by atoms with Crippen LogP contribution < -0.4 is 4.90 Å². The number of nitrogens with zero attached hydrogens (tertiary/aromatic N) is 7. The van der Waals surface area contributed by atoms with Crippen LogP contribution >= 0.6 is 0 Å². The topological polar surface area (TPSA) is 80.0 Å². The minimum atomic E-state index is -0.316. The Kier molecular flexibility index (Phi) is 5.68. The summed E-state index contributed by atoms with van der Waals surface area (Å²) >= 11 is 0. The summed E-state index contributed by atoms with van der Waals surface area (Å²) in [5.74, 6) is 0.414. The molecule has 0 saturated carbocycles. The summed E-state index contributed by atoms with van der Waals surface area (Å²) in [6.07, 6.45) is 2.25. The van der Waals surface area contributed by atoms with Gasteiger partial charge in [-0.3, -0.25) is 4.79 Å². The fourth-order valence-electron chi connectivity index (χ4n) is 4.32. The van der Waals surface area contributed by atoms with Gasteiger partial charge in [-0.25, -0.2) is 14.4 Å². The van der Waals surface area contributed by atoms with Crippen molar-refractivity contribution in [1.29, 1.82) is 0 Å². The van der Waals surface area contributed by atoms with Crippen LogP contribution in [-0.2, 0) is 4.79 Å². The highest BCUT2D eigenvalue weighted by Crippen LogP contribution is 2.26. The van der Waals surface area contributed by atoms with Crippen LogP contribution in [0.2, 0.25) is 0 Å². The summed E-state index contributed by atoms with van der Waals surface area (Å²) in [5, 5.41) is 8.51. The van der Waals surface area contributed by atoms with Crippen molar-refractivity contribution in [3.63, 3.8) is 0 Å². The van der Waals surface area contributed by atoms with Crippen LogP contribution in [0.1, 0.15) is 24.8 Å². The Bertz CT molecular complexity index is 1250. The highest BCUT2D eigenvalue weighted by atomic mass is 19.1. The van der Waals surface area contributed by atoms with Gasteiger partial charge in [0.05, 0.1) is 11.6 Å². The van der Waals surface area contributed by atoms with Crippen LogP contribution in [0.5, 0.6) is 0 Å². The fraction of sp³-hybridized carbons (Fsp3) is 0.292. The quantitative estimate of drug-likeness (QED) is 0.469. The smallest absolute Gasteiger partial charge is 0.230 e. The molecule has 0 bridgehead atoms. The van der Waals surface area contributed by atoms with Crippen LogP contribution in [0.25, 0.3) is 16.9 Å². The number of hydrogen-bond acceptors (Lipinski definition) is 6. The second kappa shape index (κ2) is 8.93. The summed E-state index contributed by atoms with van der Waals surface area (Å²) in [7, 11) is 0. The number of rotatable bonds is 5. The lowest BCUT2D eigenvalue weighted by atomic mass is 9.95. The van der Waals surface area contributed by atoms with Crippen LogP contribution in [-0.4, -0.2) is 61.9 Å². The highest BCUT2D eigenvalue weighted by molar-refractivity contribution is 5.85. The van der Waals surface area contributed by atoms with Crippen molar-refractivity contribution in [3.05, 3.63) is 72.3 Å². The molecule has 0 radical (unpaired) electrons. The molecule has 0 spiro atoms. The Labute approximate surface area is 190 Å². The molecule has 1 saturated heterocycles. The van der Waals surface area contributed by atoms with Crippen molar-refractivity contribution in [2.75, 3.05) is 31.1 Å². The normalized spacial score (nSPS) is 15.1. The van der Waals surface area contributed by atoms with E-state index in [-0.39, 0.29) is 17.6 Å². The predicted molar refractivity (Wildman–Crippen MR) is 123 cm³/mol. The first kappa shape index (κ1) is 21.0. The maximum absolute atomic E-state index is 13.3. The molecule has 1 aliphatic heterocycles. The molecule has 33 heavy (non-hydrogen) atoms. The van der Waals surface area contributed by atoms with Crippen LogP contribution in [0.3, 0.4) is 0 Å². The number of halogens is 1. The summed E-state index contributed by atoms with van der Waals surface area (Å²) in [6.45, 7) is 4.56. The van der Waals surface area contributed by atoms with E-state index < -0.39 is 0 Å². The van der Waals surface area contributed by atoms with Crippen LogP contribution in [0, 0.1) is 5.82 Å². The first-order valence-electron chi connectivity index (χ1n) is 11.1. The minimum Gasteiger partial charge on any atom is -0.351 e. The summed E-state index contributed by atoms with van der Waals surface area (Å²) in [6, 6.07) is 16.0. The zero-order chi connectivity index (χ0) is 22.8. The lowest BCUT2D eigenvalue weighted by Gasteiger charge is -2.37. The van der Waals surface area contributed by atoms with Gasteiger partial charge >= 0.3 is 0 Å². The molecule has 1 atom stereocenters. The van der Waals surface area contributed by atoms with Crippen molar-refractivity contribution in [1.82, 2.24) is 29.9 Å². The fourth-order valence-corrected chi connectivity index (χ4v) is 4.32. The molecular weight excluding hydrogens is 421 g/mol. The largest absolute Gasteiger partial charge is 0.351 e. The van der Waals surface area contributed by atoms with Gasteiger partial charge in [-0.1, -0.05) is 42.5 Å². The SMILES string of the molecule is CCC(C(=O)N1CCN(c2ncnc3c2nnn3-c2ccc(F)cc2)CC1)c1ccccc1. The Morgan fingerprint density at radius 2 is 1.73 bits per heavy atom. The van der Waals surface area contributed by atoms with E-state index >= 15 is 0 Å².